The number of rotatable bonds is 3. The first kappa shape index (κ1) is 14.8. The average Bonchev–Trinajstić information content (AvgIpc) is 2.52. The number of carbonyl (C=O) groups excluding carboxylic acids is 1. The van der Waals surface area contributed by atoms with Crippen molar-refractivity contribution in [2.75, 3.05) is 13.2 Å². The summed E-state index contributed by atoms with van der Waals surface area (Å²) in [6.07, 6.45) is 1.25. The van der Waals surface area contributed by atoms with E-state index in [-0.39, 0.29) is 6.61 Å². The Morgan fingerprint density at radius 2 is 1.95 bits per heavy atom. The Labute approximate surface area is 128 Å². The molecule has 0 aliphatic carbocycles. The summed E-state index contributed by atoms with van der Waals surface area (Å²) in [7, 11) is 0. The maximum absolute atomic E-state index is 12.4. The molecule has 2 heterocycles. The summed E-state index contributed by atoms with van der Waals surface area (Å²) in [5.74, 6) is -0.978. The van der Waals surface area contributed by atoms with Crippen molar-refractivity contribution < 1.29 is 24.2 Å². The van der Waals surface area contributed by atoms with Crippen molar-refractivity contribution in [2.24, 2.45) is 0 Å². The molecule has 6 heteroatoms. The smallest absolute Gasteiger partial charge is 0.411 e. The highest BCUT2D eigenvalue weighted by molar-refractivity contribution is 5.83. The first-order valence-corrected chi connectivity index (χ1v) is 7.43. The van der Waals surface area contributed by atoms with E-state index in [2.05, 4.69) is 0 Å². The molecular formula is C16H19NO5. The number of amides is 1. The Kier molecular flexibility index (Phi) is 4.02. The highest BCUT2D eigenvalue weighted by atomic mass is 16.6. The number of carbonyl (C=O) groups is 2. The molecule has 1 aromatic rings. The van der Waals surface area contributed by atoms with Crippen LogP contribution in [0.5, 0.6) is 0 Å². The van der Waals surface area contributed by atoms with E-state index < -0.39 is 23.6 Å². The van der Waals surface area contributed by atoms with E-state index in [1.54, 1.807) is 0 Å². The van der Waals surface area contributed by atoms with Gasteiger partial charge in [0.15, 0.2) is 0 Å². The fourth-order valence-electron chi connectivity index (χ4n) is 3.27. The van der Waals surface area contributed by atoms with Crippen molar-refractivity contribution in [3.63, 3.8) is 0 Å². The second kappa shape index (κ2) is 5.96. The average molecular weight is 305 g/mol. The lowest BCUT2D eigenvalue weighted by Crippen LogP contribution is -2.71. The molecule has 0 radical (unpaired) electrons. The Balaban J connectivity index is 1.68. The minimum absolute atomic E-state index is 0.148. The van der Waals surface area contributed by atoms with Crippen molar-refractivity contribution in [1.82, 2.24) is 4.90 Å². The van der Waals surface area contributed by atoms with Gasteiger partial charge in [-0.1, -0.05) is 30.3 Å². The molecule has 6 nitrogen and oxygen atoms in total. The second-order valence-corrected chi connectivity index (χ2v) is 5.81. The number of carboxylic acid groups (broad SMARTS) is 1. The number of carboxylic acids is 1. The molecule has 1 unspecified atom stereocenters. The highest BCUT2D eigenvalue weighted by Crippen LogP contribution is 2.44. The minimum Gasteiger partial charge on any atom is -0.480 e. The number of aliphatic carboxylic acids is 1. The molecule has 0 bridgehead atoms. The quantitative estimate of drug-likeness (QED) is 0.924. The molecule has 22 heavy (non-hydrogen) atoms. The zero-order valence-electron chi connectivity index (χ0n) is 12.2. The summed E-state index contributed by atoms with van der Waals surface area (Å²) in [5, 5.41) is 9.27. The van der Waals surface area contributed by atoms with E-state index in [1.807, 2.05) is 30.3 Å². The van der Waals surface area contributed by atoms with E-state index in [4.69, 9.17) is 9.47 Å². The van der Waals surface area contributed by atoms with E-state index in [0.29, 0.717) is 32.5 Å². The molecule has 2 aliphatic heterocycles. The van der Waals surface area contributed by atoms with Crippen LogP contribution in [0.25, 0.3) is 0 Å². The fourth-order valence-corrected chi connectivity index (χ4v) is 3.27. The van der Waals surface area contributed by atoms with Crippen LogP contribution in [0.15, 0.2) is 30.3 Å². The van der Waals surface area contributed by atoms with Crippen molar-refractivity contribution in [3.05, 3.63) is 35.9 Å². The maximum Gasteiger partial charge on any atom is 0.411 e. The zero-order valence-corrected chi connectivity index (χ0v) is 12.2. The molecule has 3 rings (SSSR count). The molecule has 1 amide bonds. The van der Waals surface area contributed by atoms with Gasteiger partial charge in [-0.2, -0.15) is 0 Å². The highest BCUT2D eigenvalue weighted by Gasteiger charge is 2.58. The van der Waals surface area contributed by atoms with Gasteiger partial charge in [0.2, 0.25) is 0 Å². The number of hydrogen-bond donors (Lipinski definition) is 1. The molecule has 0 saturated carbocycles. The number of nitrogens with zero attached hydrogens (tertiary/aromatic N) is 1. The van der Waals surface area contributed by atoms with Gasteiger partial charge >= 0.3 is 12.1 Å². The molecular weight excluding hydrogens is 286 g/mol. The Bertz CT molecular complexity index is 553. The van der Waals surface area contributed by atoms with Gasteiger partial charge in [-0.05, 0) is 18.4 Å². The van der Waals surface area contributed by atoms with Crippen molar-refractivity contribution in [2.45, 2.75) is 37.5 Å². The van der Waals surface area contributed by atoms with Crippen molar-refractivity contribution in [3.8, 4) is 0 Å². The zero-order chi connectivity index (χ0) is 15.6. The number of ether oxygens (including phenoxy) is 2. The van der Waals surface area contributed by atoms with Crippen LogP contribution in [-0.4, -0.2) is 46.9 Å². The minimum atomic E-state index is -0.978. The maximum atomic E-state index is 12.4. The molecule has 2 saturated heterocycles. The molecule has 1 spiro atoms. The predicted molar refractivity (Wildman–Crippen MR) is 77.3 cm³/mol. The van der Waals surface area contributed by atoms with Crippen LogP contribution in [0.4, 0.5) is 4.79 Å². The predicted octanol–water partition coefficient (Wildman–Crippen LogP) is 2.03. The SMILES string of the molecule is O=C(O)C1CC2(CCOCC2)N1C(=O)OCc1ccccc1. The van der Waals surface area contributed by atoms with Crippen LogP contribution in [0.3, 0.4) is 0 Å². The van der Waals surface area contributed by atoms with E-state index >= 15 is 0 Å². The lowest BCUT2D eigenvalue weighted by Gasteiger charge is -2.57. The van der Waals surface area contributed by atoms with Crippen LogP contribution in [0, 0.1) is 0 Å². The van der Waals surface area contributed by atoms with Gasteiger partial charge in [0.1, 0.15) is 12.6 Å². The first-order valence-electron chi connectivity index (χ1n) is 7.43. The van der Waals surface area contributed by atoms with Gasteiger partial charge in [-0.25, -0.2) is 9.59 Å². The lowest BCUT2D eigenvalue weighted by molar-refractivity contribution is -0.166. The van der Waals surface area contributed by atoms with Crippen molar-refractivity contribution in [1.29, 1.82) is 0 Å². The summed E-state index contributed by atoms with van der Waals surface area (Å²) in [4.78, 5) is 25.1. The number of benzene rings is 1. The molecule has 1 N–H and O–H groups in total. The summed E-state index contributed by atoms with van der Waals surface area (Å²) < 4.78 is 10.7. The Morgan fingerprint density at radius 3 is 2.59 bits per heavy atom. The van der Waals surface area contributed by atoms with Gasteiger partial charge in [-0.3, -0.25) is 4.90 Å². The molecule has 2 aliphatic rings. The van der Waals surface area contributed by atoms with E-state index in [1.165, 1.54) is 4.90 Å². The van der Waals surface area contributed by atoms with Crippen LogP contribution < -0.4 is 0 Å². The van der Waals surface area contributed by atoms with Crippen LogP contribution >= 0.6 is 0 Å². The van der Waals surface area contributed by atoms with Crippen LogP contribution in [-0.2, 0) is 20.9 Å². The third-order valence-corrected chi connectivity index (χ3v) is 4.51. The standard InChI is InChI=1S/C16H19NO5/c18-14(19)13-10-16(6-8-21-9-7-16)17(13)15(20)22-11-12-4-2-1-3-5-12/h1-5,13H,6-11H2,(H,18,19). The van der Waals surface area contributed by atoms with E-state index in [0.717, 1.165) is 5.56 Å². The van der Waals surface area contributed by atoms with Crippen LogP contribution in [0.1, 0.15) is 24.8 Å². The fraction of sp³-hybridized carbons (Fsp3) is 0.500. The summed E-state index contributed by atoms with van der Waals surface area (Å²) in [6, 6.07) is 8.56. The molecule has 118 valence electrons. The Morgan fingerprint density at radius 1 is 1.27 bits per heavy atom. The summed E-state index contributed by atoms with van der Waals surface area (Å²) >= 11 is 0. The lowest BCUT2D eigenvalue weighted by atomic mass is 9.73. The van der Waals surface area contributed by atoms with Gasteiger partial charge in [0.25, 0.3) is 0 Å². The van der Waals surface area contributed by atoms with Gasteiger partial charge in [0, 0.05) is 19.6 Å². The van der Waals surface area contributed by atoms with Crippen LogP contribution in [0.2, 0.25) is 0 Å². The summed E-state index contributed by atoms with van der Waals surface area (Å²) in [6.45, 7) is 1.25. The summed E-state index contributed by atoms with van der Waals surface area (Å²) in [5.41, 5.74) is 0.471. The second-order valence-electron chi connectivity index (χ2n) is 5.81. The van der Waals surface area contributed by atoms with Gasteiger partial charge in [-0.15, -0.1) is 0 Å². The normalized spacial score (nSPS) is 22.9. The molecule has 1 aromatic carbocycles. The topological polar surface area (TPSA) is 76.1 Å². The molecule has 0 aromatic heterocycles. The van der Waals surface area contributed by atoms with Gasteiger partial charge in [0.05, 0.1) is 5.54 Å². The Hall–Kier alpha value is -2.08. The number of hydrogen-bond acceptors (Lipinski definition) is 4. The molecule has 1 atom stereocenters. The monoisotopic (exact) mass is 305 g/mol. The first-order chi connectivity index (χ1) is 10.6. The third kappa shape index (κ3) is 2.66. The largest absolute Gasteiger partial charge is 0.480 e. The third-order valence-electron chi connectivity index (χ3n) is 4.51. The molecule has 2 fully saturated rings. The van der Waals surface area contributed by atoms with E-state index in [9.17, 15) is 14.7 Å². The number of likely N-dealkylation sites (tertiary alicyclic amines) is 1. The van der Waals surface area contributed by atoms with Gasteiger partial charge < -0.3 is 14.6 Å². The van der Waals surface area contributed by atoms with Crippen molar-refractivity contribution >= 4 is 12.1 Å².